The van der Waals surface area contributed by atoms with Crippen molar-refractivity contribution < 1.29 is 23.8 Å². The second-order valence-electron chi connectivity index (χ2n) is 8.36. The predicted molar refractivity (Wildman–Crippen MR) is 119 cm³/mol. The highest BCUT2D eigenvalue weighted by molar-refractivity contribution is 6.00. The maximum absolute atomic E-state index is 13.7. The van der Waals surface area contributed by atoms with Crippen LogP contribution in [0.4, 0.5) is 10.5 Å². The maximum atomic E-state index is 13.7. The van der Waals surface area contributed by atoms with Crippen LogP contribution in [0.2, 0.25) is 0 Å². The lowest BCUT2D eigenvalue weighted by molar-refractivity contribution is -0.135. The molecule has 0 saturated carbocycles. The van der Waals surface area contributed by atoms with E-state index in [0.29, 0.717) is 30.8 Å². The molecular weight excluding hydrogens is 422 g/mol. The third-order valence-corrected chi connectivity index (χ3v) is 6.36. The van der Waals surface area contributed by atoms with E-state index in [1.165, 1.54) is 17.6 Å². The molecule has 1 unspecified atom stereocenters. The number of aromatic nitrogens is 1. The van der Waals surface area contributed by atoms with Gasteiger partial charge in [-0.05, 0) is 30.0 Å². The van der Waals surface area contributed by atoms with E-state index in [0.717, 1.165) is 17.5 Å². The second kappa shape index (κ2) is 9.07. The van der Waals surface area contributed by atoms with E-state index in [-0.39, 0.29) is 12.5 Å². The largest absolute Gasteiger partial charge is 0.451 e. The number of amides is 2. The Morgan fingerprint density at radius 2 is 1.94 bits per heavy atom. The first kappa shape index (κ1) is 21.2. The molecule has 0 radical (unpaired) electrons. The highest BCUT2D eigenvalue weighted by Gasteiger charge is 2.45. The van der Waals surface area contributed by atoms with Crippen molar-refractivity contribution in [2.24, 2.45) is 0 Å². The average Bonchev–Trinajstić information content (AvgIpc) is 3.61. The first-order chi connectivity index (χ1) is 16.1. The number of para-hydroxylation sites is 1. The molecule has 33 heavy (non-hydrogen) atoms. The number of anilines is 1. The fourth-order valence-corrected chi connectivity index (χ4v) is 4.75. The monoisotopic (exact) mass is 447 g/mol. The summed E-state index contributed by atoms with van der Waals surface area (Å²) in [6.07, 6.45) is 2.97. The number of likely N-dealkylation sites (tertiary alicyclic amines) is 1. The van der Waals surface area contributed by atoms with E-state index < -0.39 is 24.3 Å². The molecule has 2 aromatic carbocycles. The van der Waals surface area contributed by atoms with Crippen molar-refractivity contribution in [3.05, 3.63) is 84.1 Å². The number of carbonyl (C=O) groups is 2. The molecule has 2 aliphatic heterocycles. The molecule has 1 N–H and O–H groups in total. The minimum atomic E-state index is -0.947. The molecule has 3 aromatic rings. The summed E-state index contributed by atoms with van der Waals surface area (Å²) in [4.78, 5) is 34.1. The molecule has 0 aliphatic carbocycles. The number of carbonyl (C=O) groups excluding carboxylic acids is 2. The number of hydrogen-bond acceptors (Lipinski definition) is 6. The molecule has 1 fully saturated rings. The second-order valence-corrected chi connectivity index (χ2v) is 8.36. The lowest BCUT2D eigenvalue weighted by atomic mass is 10.0. The third-order valence-electron chi connectivity index (χ3n) is 6.36. The first-order valence-electron chi connectivity index (χ1n) is 11.1. The number of ether oxygens (including phenoxy) is 1. The molecule has 1 aromatic heterocycles. The fourth-order valence-electron chi connectivity index (χ4n) is 4.75. The van der Waals surface area contributed by atoms with Gasteiger partial charge in [0.05, 0.1) is 11.7 Å². The van der Waals surface area contributed by atoms with E-state index in [4.69, 9.17) is 9.15 Å². The number of hydrogen-bond donors (Lipinski definition) is 1. The van der Waals surface area contributed by atoms with Crippen LogP contribution in [0.15, 0.2) is 71.7 Å². The standard InChI is InChI=1S/C25H25N3O5/c29-23(19-15-32-16-26-19)21-11-6-12-27(21)24(30)22-13-18-9-4-5-10-20(18)28(22)25(31)33-14-17-7-2-1-3-8-17/h1-5,7-10,15-16,21-23,29H,6,11-14H2/t21-,22-,23?/m0/s1. The molecule has 0 spiro atoms. The molecule has 2 amide bonds. The van der Waals surface area contributed by atoms with Gasteiger partial charge in [-0.1, -0.05) is 48.5 Å². The number of aliphatic hydroxyl groups excluding tert-OH is 1. The SMILES string of the molecule is O=C([C@@H]1Cc2ccccc2N1C(=O)OCc1ccccc1)N1CCC[C@H]1C(O)c1cocn1. The fraction of sp³-hybridized carbons (Fsp3) is 0.320. The summed E-state index contributed by atoms with van der Waals surface area (Å²) in [6.45, 7) is 0.634. The number of nitrogens with zero attached hydrogens (tertiary/aromatic N) is 3. The molecule has 3 heterocycles. The van der Waals surface area contributed by atoms with Crippen molar-refractivity contribution in [2.75, 3.05) is 11.4 Å². The van der Waals surface area contributed by atoms with Crippen LogP contribution < -0.4 is 4.90 Å². The Bertz CT molecular complexity index is 1120. The van der Waals surface area contributed by atoms with Gasteiger partial charge in [-0.3, -0.25) is 9.69 Å². The summed E-state index contributed by atoms with van der Waals surface area (Å²) < 4.78 is 10.6. The van der Waals surface area contributed by atoms with Gasteiger partial charge < -0.3 is 19.2 Å². The third kappa shape index (κ3) is 4.09. The maximum Gasteiger partial charge on any atom is 0.415 e. The number of benzene rings is 2. The molecule has 8 nitrogen and oxygen atoms in total. The molecule has 170 valence electrons. The van der Waals surface area contributed by atoms with Crippen molar-refractivity contribution in [2.45, 2.75) is 44.1 Å². The Balaban J connectivity index is 1.37. The minimum absolute atomic E-state index is 0.121. The number of oxazole rings is 1. The van der Waals surface area contributed by atoms with Crippen molar-refractivity contribution in [1.29, 1.82) is 0 Å². The number of aliphatic hydroxyl groups is 1. The van der Waals surface area contributed by atoms with Crippen LogP contribution in [0.5, 0.6) is 0 Å². The summed E-state index contributed by atoms with van der Waals surface area (Å²) in [5.41, 5.74) is 2.87. The van der Waals surface area contributed by atoms with Crippen LogP contribution in [0.25, 0.3) is 0 Å². The average molecular weight is 447 g/mol. The molecule has 1 saturated heterocycles. The summed E-state index contributed by atoms with van der Waals surface area (Å²) in [7, 11) is 0. The van der Waals surface area contributed by atoms with E-state index >= 15 is 0 Å². The van der Waals surface area contributed by atoms with E-state index in [2.05, 4.69) is 4.98 Å². The van der Waals surface area contributed by atoms with Crippen LogP contribution in [0, 0.1) is 0 Å². The zero-order valence-electron chi connectivity index (χ0n) is 18.0. The zero-order chi connectivity index (χ0) is 22.8. The topological polar surface area (TPSA) is 96.1 Å². The summed E-state index contributed by atoms with van der Waals surface area (Å²) in [5, 5.41) is 10.8. The Morgan fingerprint density at radius 1 is 1.15 bits per heavy atom. The van der Waals surface area contributed by atoms with Gasteiger partial charge in [0.15, 0.2) is 6.39 Å². The Kier molecular flexibility index (Phi) is 5.83. The van der Waals surface area contributed by atoms with Crippen molar-refractivity contribution in [1.82, 2.24) is 9.88 Å². The molecule has 5 rings (SSSR count). The minimum Gasteiger partial charge on any atom is -0.451 e. The van der Waals surface area contributed by atoms with Gasteiger partial charge in [0.1, 0.15) is 30.7 Å². The number of rotatable bonds is 5. The van der Waals surface area contributed by atoms with Crippen LogP contribution in [-0.2, 0) is 22.6 Å². The molecule has 3 atom stereocenters. The zero-order valence-corrected chi connectivity index (χ0v) is 18.0. The summed E-state index contributed by atoms with van der Waals surface area (Å²) in [6, 6.07) is 15.8. The number of fused-ring (bicyclic) bond motifs is 1. The highest BCUT2D eigenvalue weighted by atomic mass is 16.6. The highest BCUT2D eigenvalue weighted by Crippen LogP contribution is 2.36. The van der Waals surface area contributed by atoms with Gasteiger partial charge in [0, 0.05) is 13.0 Å². The van der Waals surface area contributed by atoms with Crippen LogP contribution in [-0.4, -0.2) is 45.6 Å². The van der Waals surface area contributed by atoms with Gasteiger partial charge in [-0.25, -0.2) is 9.78 Å². The van der Waals surface area contributed by atoms with Crippen molar-refractivity contribution in [3.8, 4) is 0 Å². The summed E-state index contributed by atoms with van der Waals surface area (Å²) >= 11 is 0. The lowest BCUT2D eigenvalue weighted by Crippen LogP contribution is -2.52. The van der Waals surface area contributed by atoms with E-state index in [9.17, 15) is 14.7 Å². The van der Waals surface area contributed by atoms with Crippen LogP contribution in [0.1, 0.15) is 35.8 Å². The van der Waals surface area contributed by atoms with Gasteiger partial charge in [-0.2, -0.15) is 0 Å². The first-order valence-corrected chi connectivity index (χ1v) is 11.1. The molecule has 8 heteroatoms. The Labute approximate surface area is 191 Å². The van der Waals surface area contributed by atoms with E-state index in [1.807, 2.05) is 54.6 Å². The van der Waals surface area contributed by atoms with Crippen LogP contribution in [0.3, 0.4) is 0 Å². The van der Waals surface area contributed by atoms with Crippen molar-refractivity contribution in [3.63, 3.8) is 0 Å². The van der Waals surface area contributed by atoms with Gasteiger partial charge in [-0.15, -0.1) is 0 Å². The quantitative estimate of drug-likeness (QED) is 0.644. The van der Waals surface area contributed by atoms with Crippen LogP contribution >= 0.6 is 0 Å². The molecule has 0 bridgehead atoms. The van der Waals surface area contributed by atoms with Crippen molar-refractivity contribution >= 4 is 17.7 Å². The predicted octanol–water partition coefficient (Wildman–Crippen LogP) is 3.47. The smallest absolute Gasteiger partial charge is 0.415 e. The normalized spacial score (nSPS) is 20.5. The lowest BCUT2D eigenvalue weighted by Gasteiger charge is -2.32. The Hall–Kier alpha value is -3.65. The van der Waals surface area contributed by atoms with Gasteiger partial charge in [0.25, 0.3) is 0 Å². The molecule has 2 aliphatic rings. The van der Waals surface area contributed by atoms with E-state index in [1.54, 1.807) is 4.90 Å². The van der Waals surface area contributed by atoms with Gasteiger partial charge >= 0.3 is 6.09 Å². The summed E-state index contributed by atoms with van der Waals surface area (Å²) in [5.74, 6) is -0.201. The van der Waals surface area contributed by atoms with Gasteiger partial charge in [0.2, 0.25) is 5.91 Å². The molecular formula is C25H25N3O5. The Morgan fingerprint density at radius 3 is 2.73 bits per heavy atom.